The van der Waals surface area contributed by atoms with Gasteiger partial charge in [0.2, 0.25) is 0 Å². The largest absolute Gasteiger partial charge is 0.436 e. The molecule has 2 saturated heterocycles. The number of rotatable bonds is 3. The van der Waals surface area contributed by atoms with E-state index in [-0.39, 0.29) is 5.91 Å². The normalized spacial score (nSPS) is 22.1. The zero-order valence-electron chi connectivity index (χ0n) is 12.8. The summed E-state index contributed by atoms with van der Waals surface area (Å²) in [6.45, 7) is 4.05. The Bertz CT molecular complexity index is 447. The molecular weight excluding hydrogens is 270 g/mol. The highest BCUT2D eigenvalue weighted by Crippen LogP contribution is 2.14. The number of nitrogens with zero attached hydrogens (tertiary/aromatic N) is 3. The van der Waals surface area contributed by atoms with E-state index in [2.05, 4.69) is 16.7 Å². The Balaban J connectivity index is 1.74. The van der Waals surface area contributed by atoms with Crippen LogP contribution < -0.4 is 0 Å². The fourth-order valence-corrected chi connectivity index (χ4v) is 2.46. The molecule has 1 atom stereocenters. The van der Waals surface area contributed by atoms with Gasteiger partial charge in [-0.15, -0.1) is 0 Å². The van der Waals surface area contributed by atoms with Crippen molar-refractivity contribution >= 4 is 12.0 Å². The van der Waals surface area contributed by atoms with Gasteiger partial charge in [-0.1, -0.05) is 11.8 Å². The molecule has 6 heteroatoms. The molecule has 0 aromatic heterocycles. The van der Waals surface area contributed by atoms with E-state index in [9.17, 15) is 9.59 Å². The molecule has 6 nitrogen and oxygen atoms in total. The average molecular weight is 293 g/mol. The van der Waals surface area contributed by atoms with Crippen LogP contribution in [0.15, 0.2) is 0 Å². The fourth-order valence-electron chi connectivity index (χ4n) is 2.46. The maximum absolute atomic E-state index is 12.1. The minimum Gasteiger partial charge on any atom is -0.436 e. The molecule has 0 spiro atoms. The Morgan fingerprint density at radius 2 is 1.90 bits per heavy atom. The van der Waals surface area contributed by atoms with E-state index in [1.54, 1.807) is 19.0 Å². The molecule has 0 aromatic rings. The minimum absolute atomic E-state index is 0.138. The average Bonchev–Trinajstić information content (AvgIpc) is 3.07. The van der Waals surface area contributed by atoms with E-state index in [4.69, 9.17) is 4.74 Å². The van der Waals surface area contributed by atoms with Crippen LogP contribution in [0, 0.1) is 11.8 Å². The topological polar surface area (TPSA) is 53.1 Å². The molecule has 21 heavy (non-hydrogen) atoms. The van der Waals surface area contributed by atoms with E-state index in [0.29, 0.717) is 19.5 Å². The van der Waals surface area contributed by atoms with Crippen molar-refractivity contribution in [2.75, 3.05) is 46.8 Å². The van der Waals surface area contributed by atoms with Crippen molar-refractivity contribution < 1.29 is 14.3 Å². The predicted molar refractivity (Wildman–Crippen MR) is 78.6 cm³/mol. The van der Waals surface area contributed by atoms with Crippen molar-refractivity contribution in [1.82, 2.24) is 14.7 Å². The molecule has 0 aliphatic carbocycles. The highest BCUT2D eigenvalue weighted by atomic mass is 16.6. The first kappa shape index (κ1) is 15.6. The minimum atomic E-state index is -0.653. The number of ether oxygens (including phenoxy) is 1. The summed E-state index contributed by atoms with van der Waals surface area (Å²) in [4.78, 5) is 28.8. The Morgan fingerprint density at radius 1 is 1.24 bits per heavy atom. The SMILES string of the molecule is CN(C)C(=O)OC1CCN(CC#CCN2CCCC2)C1=O. The van der Waals surface area contributed by atoms with Gasteiger partial charge < -0.3 is 14.5 Å². The maximum atomic E-state index is 12.1. The van der Waals surface area contributed by atoms with Gasteiger partial charge in [-0.05, 0) is 25.9 Å². The maximum Gasteiger partial charge on any atom is 0.410 e. The van der Waals surface area contributed by atoms with Crippen molar-refractivity contribution in [2.24, 2.45) is 0 Å². The fraction of sp³-hybridized carbons (Fsp3) is 0.733. The molecule has 0 saturated carbocycles. The second kappa shape index (κ2) is 7.32. The number of hydrogen-bond donors (Lipinski definition) is 0. The molecular formula is C15H23N3O3. The van der Waals surface area contributed by atoms with Gasteiger partial charge in [0.05, 0.1) is 13.1 Å². The molecule has 2 aliphatic heterocycles. The summed E-state index contributed by atoms with van der Waals surface area (Å²) in [6.07, 6.45) is 1.93. The Kier molecular flexibility index (Phi) is 5.45. The zero-order valence-corrected chi connectivity index (χ0v) is 12.8. The smallest absolute Gasteiger partial charge is 0.410 e. The highest BCUT2D eigenvalue weighted by Gasteiger charge is 2.34. The quantitative estimate of drug-likeness (QED) is 0.706. The van der Waals surface area contributed by atoms with Crippen LogP contribution >= 0.6 is 0 Å². The van der Waals surface area contributed by atoms with Crippen LogP contribution in [0.3, 0.4) is 0 Å². The van der Waals surface area contributed by atoms with E-state index >= 15 is 0 Å². The molecule has 1 unspecified atom stereocenters. The molecule has 0 aromatic carbocycles. The number of carbonyl (C=O) groups excluding carboxylic acids is 2. The van der Waals surface area contributed by atoms with Crippen molar-refractivity contribution in [1.29, 1.82) is 0 Å². The van der Waals surface area contributed by atoms with E-state index < -0.39 is 12.2 Å². The second-order valence-electron chi connectivity index (χ2n) is 5.65. The summed E-state index contributed by atoms with van der Waals surface area (Å²) >= 11 is 0. The Morgan fingerprint density at radius 3 is 2.57 bits per heavy atom. The summed E-state index contributed by atoms with van der Waals surface area (Å²) in [5.74, 6) is 6.02. The van der Waals surface area contributed by atoms with Crippen LogP contribution in [-0.2, 0) is 9.53 Å². The third-order valence-corrected chi connectivity index (χ3v) is 3.75. The lowest BCUT2D eigenvalue weighted by molar-refractivity contribution is -0.134. The number of amides is 2. The summed E-state index contributed by atoms with van der Waals surface area (Å²) < 4.78 is 5.14. The second-order valence-corrected chi connectivity index (χ2v) is 5.65. The zero-order chi connectivity index (χ0) is 15.2. The lowest BCUT2D eigenvalue weighted by atomic mass is 10.3. The number of likely N-dealkylation sites (tertiary alicyclic amines) is 2. The Labute approximate surface area is 126 Å². The van der Waals surface area contributed by atoms with Crippen LogP contribution in [-0.4, -0.2) is 79.6 Å². The third kappa shape index (κ3) is 4.36. The highest BCUT2D eigenvalue weighted by molar-refractivity contribution is 5.85. The van der Waals surface area contributed by atoms with Crippen LogP contribution in [0.4, 0.5) is 4.79 Å². The van der Waals surface area contributed by atoms with Gasteiger partial charge in [0.15, 0.2) is 6.10 Å². The van der Waals surface area contributed by atoms with E-state index in [1.807, 2.05) is 0 Å². The lowest BCUT2D eigenvalue weighted by Gasteiger charge is -2.16. The summed E-state index contributed by atoms with van der Waals surface area (Å²) in [6, 6.07) is 0. The molecule has 0 N–H and O–H groups in total. The van der Waals surface area contributed by atoms with E-state index in [1.165, 1.54) is 17.7 Å². The monoisotopic (exact) mass is 293 g/mol. The van der Waals surface area contributed by atoms with Gasteiger partial charge in [0.1, 0.15) is 0 Å². The van der Waals surface area contributed by atoms with Crippen LogP contribution in [0.2, 0.25) is 0 Å². The first-order valence-corrected chi connectivity index (χ1v) is 7.42. The summed E-state index contributed by atoms with van der Waals surface area (Å²) in [7, 11) is 3.20. The van der Waals surface area contributed by atoms with Crippen molar-refractivity contribution in [3.63, 3.8) is 0 Å². The molecule has 2 heterocycles. The molecule has 2 fully saturated rings. The van der Waals surface area contributed by atoms with Crippen LogP contribution in [0.5, 0.6) is 0 Å². The van der Waals surface area contributed by atoms with Crippen molar-refractivity contribution in [3.8, 4) is 11.8 Å². The summed E-state index contributed by atoms with van der Waals surface area (Å²) in [5, 5.41) is 0. The van der Waals surface area contributed by atoms with Crippen LogP contribution in [0.25, 0.3) is 0 Å². The Hall–Kier alpha value is -1.74. The molecule has 2 aliphatic rings. The number of hydrogen-bond acceptors (Lipinski definition) is 4. The van der Waals surface area contributed by atoms with Crippen LogP contribution in [0.1, 0.15) is 19.3 Å². The third-order valence-electron chi connectivity index (χ3n) is 3.75. The molecule has 2 rings (SSSR count). The van der Waals surface area contributed by atoms with E-state index in [0.717, 1.165) is 19.6 Å². The van der Waals surface area contributed by atoms with Gasteiger partial charge >= 0.3 is 6.09 Å². The molecule has 116 valence electrons. The first-order valence-electron chi connectivity index (χ1n) is 7.42. The van der Waals surface area contributed by atoms with Gasteiger partial charge in [-0.25, -0.2) is 4.79 Å². The molecule has 0 radical (unpaired) electrons. The predicted octanol–water partition coefficient (Wildman–Crippen LogP) is 0.385. The van der Waals surface area contributed by atoms with Gasteiger partial charge in [-0.2, -0.15) is 0 Å². The summed E-state index contributed by atoms with van der Waals surface area (Å²) in [5.41, 5.74) is 0. The van der Waals surface area contributed by atoms with Gasteiger partial charge in [0, 0.05) is 27.1 Å². The molecule has 2 amide bonds. The number of carbonyl (C=O) groups is 2. The lowest BCUT2D eigenvalue weighted by Crippen LogP contribution is -2.35. The van der Waals surface area contributed by atoms with Gasteiger partial charge in [-0.3, -0.25) is 9.69 Å². The standard InChI is InChI=1S/C15H23N3O3/c1-16(2)15(20)21-13-7-12-18(14(13)19)11-6-5-10-17-8-3-4-9-17/h13H,3-4,7-12H2,1-2H3. The first-order chi connectivity index (χ1) is 10.1. The molecule has 0 bridgehead atoms. The van der Waals surface area contributed by atoms with Gasteiger partial charge in [0.25, 0.3) is 5.91 Å². The van der Waals surface area contributed by atoms with Crippen molar-refractivity contribution in [2.45, 2.75) is 25.4 Å². The van der Waals surface area contributed by atoms with Crippen molar-refractivity contribution in [3.05, 3.63) is 0 Å².